The van der Waals surface area contributed by atoms with Gasteiger partial charge in [-0.2, -0.15) is 0 Å². The molecule has 0 aliphatic carbocycles. The lowest BCUT2D eigenvalue weighted by molar-refractivity contribution is 1.30. The van der Waals surface area contributed by atoms with Gasteiger partial charge < -0.3 is 4.90 Å². The van der Waals surface area contributed by atoms with Gasteiger partial charge in [0.05, 0.1) is 5.69 Å². The minimum Gasteiger partial charge on any atom is -0.310 e. The fraction of sp³-hybridized carbons (Fsp3) is 0. The van der Waals surface area contributed by atoms with Gasteiger partial charge in [-0.25, -0.2) is 0 Å². The van der Waals surface area contributed by atoms with Gasteiger partial charge in [0.25, 0.3) is 0 Å². The summed E-state index contributed by atoms with van der Waals surface area (Å²) in [5, 5.41) is 12.6. The van der Waals surface area contributed by atoms with Gasteiger partial charge in [0, 0.05) is 16.8 Å². The van der Waals surface area contributed by atoms with E-state index < -0.39 is 0 Å². The van der Waals surface area contributed by atoms with Crippen molar-refractivity contribution in [1.29, 1.82) is 0 Å². The van der Waals surface area contributed by atoms with Gasteiger partial charge in [-0.15, -0.1) is 0 Å². The van der Waals surface area contributed by atoms with E-state index in [1.54, 1.807) is 0 Å². The Hall–Kier alpha value is -5.92. The summed E-state index contributed by atoms with van der Waals surface area (Å²) in [6.07, 6.45) is 0. The standard InChI is InChI=1S/C44H29N/c1-4-14-37-31(11-1)20-21-34-28-36(26-27-39(34)37)45(44-19-9-13-30-10-2-6-16-40(30)44)35-24-22-32(23-25-35)43-29-33-12-3-5-15-38(33)41-17-7-8-18-42(41)43/h1-29H. The van der Waals surface area contributed by atoms with Crippen LogP contribution < -0.4 is 4.90 Å². The molecule has 0 saturated heterocycles. The third-order valence-electron chi connectivity index (χ3n) is 9.20. The number of benzene rings is 9. The number of anilines is 3. The van der Waals surface area contributed by atoms with Gasteiger partial charge in [0.1, 0.15) is 0 Å². The van der Waals surface area contributed by atoms with Gasteiger partial charge in [0.15, 0.2) is 0 Å². The van der Waals surface area contributed by atoms with Crippen molar-refractivity contribution in [2.24, 2.45) is 0 Å². The van der Waals surface area contributed by atoms with Crippen LogP contribution in [0.25, 0.3) is 65.0 Å². The van der Waals surface area contributed by atoms with Crippen molar-refractivity contribution in [3.63, 3.8) is 0 Å². The SMILES string of the molecule is c1ccc2c(N(c3ccc(-c4cc5ccccc5c5ccccc45)cc3)c3ccc4c(ccc5ccccc54)c3)cccc2c1. The molecule has 1 heteroatoms. The lowest BCUT2D eigenvalue weighted by atomic mass is 9.93. The normalized spacial score (nSPS) is 11.6. The van der Waals surface area contributed by atoms with E-state index in [0.717, 1.165) is 17.1 Å². The lowest BCUT2D eigenvalue weighted by Gasteiger charge is -2.27. The smallest absolute Gasteiger partial charge is 0.0540 e. The number of rotatable bonds is 4. The largest absolute Gasteiger partial charge is 0.310 e. The first-order chi connectivity index (χ1) is 22.3. The van der Waals surface area contributed by atoms with E-state index in [4.69, 9.17) is 0 Å². The van der Waals surface area contributed by atoms with E-state index in [1.165, 1.54) is 65.0 Å². The third-order valence-corrected chi connectivity index (χ3v) is 9.20. The molecule has 210 valence electrons. The molecule has 0 unspecified atom stereocenters. The summed E-state index contributed by atoms with van der Waals surface area (Å²) >= 11 is 0. The van der Waals surface area contributed by atoms with Crippen molar-refractivity contribution in [3.05, 3.63) is 176 Å². The zero-order chi connectivity index (χ0) is 29.7. The predicted octanol–water partition coefficient (Wildman–Crippen LogP) is 12.6. The summed E-state index contributed by atoms with van der Waals surface area (Å²) < 4.78 is 0. The Kier molecular flexibility index (Phi) is 5.89. The van der Waals surface area contributed by atoms with Gasteiger partial charge >= 0.3 is 0 Å². The molecule has 0 radical (unpaired) electrons. The first-order valence-corrected chi connectivity index (χ1v) is 15.5. The molecule has 9 aromatic carbocycles. The van der Waals surface area contributed by atoms with E-state index in [1.807, 2.05) is 0 Å². The second-order valence-corrected chi connectivity index (χ2v) is 11.8. The summed E-state index contributed by atoms with van der Waals surface area (Å²) in [6.45, 7) is 0. The van der Waals surface area contributed by atoms with Gasteiger partial charge in [0.2, 0.25) is 0 Å². The molecule has 9 rings (SSSR count). The van der Waals surface area contributed by atoms with Crippen molar-refractivity contribution < 1.29 is 0 Å². The van der Waals surface area contributed by atoms with Crippen LogP contribution in [-0.4, -0.2) is 0 Å². The molecule has 0 heterocycles. The highest BCUT2D eigenvalue weighted by atomic mass is 15.1. The van der Waals surface area contributed by atoms with Crippen molar-refractivity contribution in [1.82, 2.24) is 0 Å². The summed E-state index contributed by atoms with van der Waals surface area (Å²) in [6, 6.07) is 64.1. The van der Waals surface area contributed by atoms with E-state index in [2.05, 4.69) is 181 Å². The van der Waals surface area contributed by atoms with Crippen LogP contribution in [0.2, 0.25) is 0 Å². The highest BCUT2D eigenvalue weighted by Crippen LogP contribution is 2.42. The maximum atomic E-state index is 2.40. The highest BCUT2D eigenvalue weighted by molar-refractivity contribution is 6.14. The van der Waals surface area contributed by atoms with E-state index in [-0.39, 0.29) is 0 Å². The number of fused-ring (bicyclic) bond motifs is 7. The average Bonchev–Trinajstić information content (AvgIpc) is 3.12. The third kappa shape index (κ3) is 4.24. The van der Waals surface area contributed by atoms with Gasteiger partial charge in [-0.3, -0.25) is 0 Å². The Labute approximate surface area is 262 Å². The minimum absolute atomic E-state index is 1.13. The molecule has 0 atom stereocenters. The summed E-state index contributed by atoms with van der Waals surface area (Å²) in [4.78, 5) is 2.40. The zero-order valence-corrected chi connectivity index (χ0v) is 24.7. The number of hydrogen-bond donors (Lipinski definition) is 0. The van der Waals surface area contributed by atoms with E-state index in [0.29, 0.717) is 0 Å². The molecule has 0 spiro atoms. The molecule has 45 heavy (non-hydrogen) atoms. The van der Waals surface area contributed by atoms with Crippen molar-refractivity contribution in [2.75, 3.05) is 4.90 Å². The van der Waals surface area contributed by atoms with Crippen LogP contribution in [0.3, 0.4) is 0 Å². The molecule has 0 saturated carbocycles. The van der Waals surface area contributed by atoms with Crippen LogP contribution in [0, 0.1) is 0 Å². The summed E-state index contributed by atoms with van der Waals surface area (Å²) in [5.74, 6) is 0. The van der Waals surface area contributed by atoms with Crippen LogP contribution in [0.1, 0.15) is 0 Å². The van der Waals surface area contributed by atoms with Gasteiger partial charge in [-0.1, -0.05) is 140 Å². The Bertz CT molecular complexity index is 2540. The van der Waals surface area contributed by atoms with Crippen LogP contribution >= 0.6 is 0 Å². The Morgan fingerprint density at radius 3 is 1.58 bits per heavy atom. The minimum atomic E-state index is 1.13. The first-order valence-electron chi connectivity index (χ1n) is 15.5. The molecule has 0 aliphatic rings. The monoisotopic (exact) mass is 571 g/mol. The zero-order valence-electron chi connectivity index (χ0n) is 24.7. The fourth-order valence-corrected chi connectivity index (χ4v) is 7.05. The summed E-state index contributed by atoms with van der Waals surface area (Å²) in [7, 11) is 0. The fourth-order valence-electron chi connectivity index (χ4n) is 7.05. The average molecular weight is 572 g/mol. The number of nitrogens with zero attached hydrogens (tertiary/aromatic N) is 1. The predicted molar refractivity (Wildman–Crippen MR) is 194 cm³/mol. The summed E-state index contributed by atoms with van der Waals surface area (Å²) in [5.41, 5.74) is 5.89. The van der Waals surface area contributed by atoms with Gasteiger partial charge in [-0.05, 0) is 96.0 Å². The first kappa shape index (κ1) is 25.6. The van der Waals surface area contributed by atoms with Crippen LogP contribution in [-0.2, 0) is 0 Å². The van der Waals surface area contributed by atoms with Crippen molar-refractivity contribution in [2.45, 2.75) is 0 Å². The Morgan fingerprint density at radius 2 is 0.800 bits per heavy atom. The molecule has 0 bridgehead atoms. The lowest BCUT2D eigenvalue weighted by Crippen LogP contribution is -2.10. The maximum Gasteiger partial charge on any atom is 0.0540 e. The van der Waals surface area contributed by atoms with Crippen LogP contribution in [0.5, 0.6) is 0 Å². The Balaban J connectivity index is 1.23. The second kappa shape index (κ2) is 10.4. The molecular formula is C44H29N. The quantitative estimate of drug-likeness (QED) is 0.190. The van der Waals surface area contributed by atoms with Crippen molar-refractivity contribution in [3.8, 4) is 11.1 Å². The van der Waals surface area contributed by atoms with E-state index >= 15 is 0 Å². The molecule has 9 aromatic rings. The van der Waals surface area contributed by atoms with Crippen LogP contribution in [0.15, 0.2) is 176 Å². The van der Waals surface area contributed by atoms with Crippen LogP contribution in [0.4, 0.5) is 17.1 Å². The van der Waals surface area contributed by atoms with Crippen molar-refractivity contribution >= 4 is 70.9 Å². The maximum absolute atomic E-state index is 2.40. The molecule has 0 aromatic heterocycles. The molecule has 0 N–H and O–H groups in total. The molecule has 0 aliphatic heterocycles. The molecule has 0 fully saturated rings. The highest BCUT2D eigenvalue weighted by Gasteiger charge is 2.17. The second-order valence-electron chi connectivity index (χ2n) is 11.8. The number of hydrogen-bond acceptors (Lipinski definition) is 1. The van der Waals surface area contributed by atoms with E-state index in [9.17, 15) is 0 Å². The topological polar surface area (TPSA) is 3.24 Å². The molecular weight excluding hydrogens is 542 g/mol. The molecule has 0 amide bonds. The Morgan fingerprint density at radius 1 is 0.289 bits per heavy atom. The molecule has 1 nitrogen and oxygen atoms in total.